The molecular formula is C25H22FN5O2. The first-order chi connectivity index (χ1) is 16.1. The molecule has 5 rings (SSSR count). The lowest BCUT2D eigenvalue weighted by Gasteiger charge is -2.09. The van der Waals surface area contributed by atoms with E-state index < -0.39 is 5.82 Å². The second-order valence-corrected chi connectivity index (χ2v) is 8.28. The highest BCUT2D eigenvalue weighted by molar-refractivity contribution is 5.95. The van der Waals surface area contributed by atoms with Crippen LogP contribution in [0.25, 0.3) is 10.5 Å². The molecule has 0 N–H and O–H groups in total. The second-order valence-electron chi connectivity index (χ2n) is 8.28. The predicted octanol–water partition coefficient (Wildman–Crippen LogP) is 4.97. The summed E-state index contributed by atoms with van der Waals surface area (Å²) in [6.07, 6.45) is 10.00. The molecule has 1 fully saturated rings. The molecule has 0 spiro atoms. The molecule has 0 saturated heterocycles. The minimum Gasteiger partial charge on any atom is -0.494 e. The van der Waals surface area contributed by atoms with Crippen molar-refractivity contribution >= 4 is 17.1 Å². The number of aromatic nitrogens is 4. The highest BCUT2D eigenvalue weighted by Crippen LogP contribution is 2.39. The van der Waals surface area contributed by atoms with Gasteiger partial charge in [0.25, 0.3) is 0 Å². The molecule has 0 bridgehead atoms. The lowest BCUT2D eigenvalue weighted by molar-refractivity contribution is 0.0982. The number of nitrogens with zero attached hydrogens (tertiary/aromatic N) is 5. The molecule has 0 radical (unpaired) electrons. The molecule has 3 heterocycles. The van der Waals surface area contributed by atoms with E-state index in [-0.39, 0.29) is 35.6 Å². The number of methoxy groups -OCH3 is 1. The van der Waals surface area contributed by atoms with Gasteiger partial charge in [0.15, 0.2) is 23.0 Å². The average Bonchev–Trinajstić information content (AvgIpc) is 3.44. The van der Waals surface area contributed by atoms with Crippen LogP contribution in [-0.2, 0) is 13.0 Å². The number of halogens is 1. The van der Waals surface area contributed by atoms with Crippen molar-refractivity contribution in [3.8, 4) is 5.75 Å². The molecule has 0 unspecified atom stereocenters. The van der Waals surface area contributed by atoms with Crippen LogP contribution in [0.4, 0.5) is 10.1 Å². The van der Waals surface area contributed by atoms with Gasteiger partial charge in [0.05, 0.1) is 37.7 Å². The number of pyridine rings is 1. The molecule has 0 amide bonds. The Morgan fingerprint density at radius 3 is 2.85 bits per heavy atom. The summed E-state index contributed by atoms with van der Waals surface area (Å²) in [7, 11) is 1.37. The Balaban J connectivity index is 1.27. The molecule has 7 nitrogen and oxygen atoms in total. The van der Waals surface area contributed by atoms with Crippen molar-refractivity contribution < 1.29 is 13.9 Å². The average molecular weight is 443 g/mol. The van der Waals surface area contributed by atoms with E-state index in [4.69, 9.17) is 11.3 Å². The van der Waals surface area contributed by atoms with Crippen LogP contribution in [0.5, 0.6) is 5.75 Å². The monoisotopic (exact) mass is 443 g/mol. The van der Waals surface area contributed by atoms with Crippen molar-refractivity contribution in [2.75, 3.05) is 7.11 Å². The van der Waals surface area contributed by atoms with Crippen LogP contribution in [0, 0.1) is 12.4 Å². The molecule has 1 aromatic carbocycles. The van der Waals surface area contributed by atoms with Crippen molar-refractivity contribution in [2.45, 2.75) is 38.1 Å². The highest BCUT2D eigenvalue weighted by atomic mass is 19.1. The van der Waals surface area contributed by atoms with Gasteiger partial charge >= 0.3 is 0 Å². The molecular weight excluding hydrogens is 421 g/mol. The van der Waals surface area contributed by atoms with Crippen LogP contribution >= 0.6 is 0 Å². The second kappa shape index (κ2) is 8.51. The molecule has 33 heavy (non-hydrogen) atoms. The third-order valence-corrected chi connectivity index (χ3v) is 5.98. The van der Waals surface area contributed by atoms with Crippen LogP contribution in [0.15, 0.2) is 49.1 Å². The summed E-state index contributed by atoms with van der Waals surface area (Å²) in [5, 5.41) is 4.30. The summed E-state index contributed by atoms with van der Waals surface area (Å²) < 4.78 is 23.3. The summed E-state index contributed by atoms with van der Waals surface area (Å²) in [4.78, 5) is 20.7. The van der Waals surface area contributed by atoms with Gasteiger partial charge < -0.3 is 9.14 Å². The van der Waals surface area contributed by atoms with Crippen molar-refractivity contribution in [3.05, 3.63) is 88.7 Å². The smallest absolute Gasteiger partial charge is 0.193 e. The molecule has 8 heteroatoms. The van der Waals surface area contributed by atoms with Crippen LogP contribution in [-0.4, -0.2) is 32.1 Å². The van der Waals surface area contributed by atoms with E-state index in [1.807, 2.05) is 16.7 Å². The minimum absolute atomic E-state index is 0.0642. The normalized spacial score (nSPS) is 13.2. The maximum Gasteiger partial charge on any atom is 0.193 e. The van der Waals surface area contributed by atoms with Gasteiger partial charge in [-0.1, -0.05) is 12.1 Å². The van der Waals surface area contributed by atoms with E-state index >= 15 is 0 Å². The first kappa shape index (κ1) is 20.9. The standard InChI is InChI=1S/C25H22FN5O2/c1-27-21-7-9-23(33-2)25(26)20(21)6-8-22(32)18-11-28-31(13-18)15-19-14-30-12-17(16-3-4-16)5-10-24(30)29-19/h5,7,9-14,16H,3-4,6,8,15H2,2H3. The molecule has 1 aliphatic carbocycles. The number of Topliss-reactive ketones (excluding diaryl/α,β-unsaturated/α-hetero) is 1. The fourth-order valence-electron chi connectivity index (χ4n) is 4.03. The molecule has 4 aromatic rings. The van der Waals surface area contributed by atoms with E-state index in [9.17, 15) is 9.18 Å². The fourth-order valence-corrected chi connectivity index (χ4v) is 4.03. The van der Waals surface area contributed by atoms with Gasteiger partial charge in [0.1, 0.15) is 5.65 Å². The van der Waals surface area contributed by atoms with Crippen molar-refractivity contribution in [1.82, 2.24) is 19.2 Å². The van der Waals surface area contributed by atoms with Crippen LogP contribution in [0.2, 0.25) is 0 Å². The number of carbonyl (C=O) groups is 1. The topological polar surface area (TPSA) is 65.8 Å². The van der Waals surface area contributed by atoms with Gasteiger partial charge in [-0.2, -0.15) is 5.10 Å². The van der Waals surface area contributed by atoms with Crippen molar-refractivity contribution in [1.29, 1.82) is 0 Å². The zero-order chi connectivity index (χ0) is 22.9. The largest absolute Gasteiger partial charge is 0.494 e. The summed E-state index contributed by atoms with van der Waals surface area (Å²) in [6.45, 7) is 7.70. The Hall–Kier alpha value is -3.99. The van der Waals surface area contributed by atoms with E-state index in [2.05, 4.69) is 27.2 Å². The zero-order valence-corrected chi connectivity index (χ0v) is 18.2. The summed E-state index contributed by atoms with van der Waals surface area (Å²) in [5.41, 5.74) is 3.91. The van der Waals surface area contributed by atoms with E-state index in [1.54, 1.807) is 10.9 Å². The fraction of sp³-hybridized carbons (Fsp3) is 0.280. The zero-order valence-electron chi connectivity index (χ0n) is 18.2. The third kappa shape index (κ3) is 4.22. The van der Waals surface area contributed by atoms with Gasteiger partial charge in [-0.15, -0.1) is 0 Å². The number of rotatable bonds is 8. The maximum absolute atomic E-state index is 14.6. The van der Waals surface area contributed by atoms with Crippen LogP contribution in [0.1, 0.15) is 52.4 Å². The van der Waals surface area contributed by atoms with E-state index in [0.29, 0.717) is 18.0 Å². The number of ketones is 1. The molecule has 0 aliphatic heterocycles. The Kier molecular flexibility index (Phi) is 5.38. The van der Waals surface area contributed by atoms with Crippen LogP contribution in [0.3, 0.4) is 0 Å². The quantitative estimate of drug-likeness (QED) is 0.285. The molecule has 1 saturated carbocycles. The molecule has 0 atom stereocenters. The highest BCUT2D eigenvalue weighted by Gasteiger charge is 2.24. The number of hydrogen-bond donors (Lipinski definition) is 0. The van der Waals surface area contributed by atoms with Crippen LogP contribution < -0.4 is 4.74 Å². The third-order valence-electron chi connectivity index (χ3n) is 5.98. The molecule has 1 aliphatic rings. The summed E-state index contributed by atoms with van der Waals surface area (Å²) in [5.74, 6) is -0.0136. The van der Waals surface area contributed by atoms with Gasteiger partial charge in [-0.05, 0) is 48.4 Å². The number of carbonyl (C=O) groups excluding carboxylic acids is 1. The number of fused-ring (bicyclic) bond motifs is 1. The van der Waals surface area contributed by atoms with Gasteiger partial charge in [-0.25, -0.2) is 14.2 Å². The number of ether oxygens (including phenoxy) is 1. The SMILES string of the molecule is [C-]#[N+]c1ccc(OC)c(F)c1CCC(=O)c1cnn(Cc2cn3cc(C4CC4)ccc3n2)c1. The van der Waals surface area contributed by atoms with Gasteiger partial charge in [-0.3, -0.25) is 9.48 Å². The predicted molar refractivity (Wildman–Crippen MR) is 120 cm³/mol. The lowest BCUT2D eigenvalue weighted by atomic mass is 10.0. The lowest BCUT2D eigenvalue weighted by Crippen LogP contribution is -2.03. The van der Waals surface area contributed by atoms with E-state index in [1.165, 1.54) is 43.8 Å². The molecule has 3 aromatic heterocycles. The number of imidazole rings is 1. The Morgan fingerprint density at radius 2 is 2.09 bits per heavy atom. The summed E-state index contributed by atoms with van der Waals surface area (Å²) >= 11 is 0. The van der Waals surface area contributed by atoms with E-state index in [0.717, 1.165) is 11.3 Å². The van der Waals surface area contributed by atoms with Crippen molar-refractivity contribution in [3.63, 3.8) is 0 Å². The Morgan fingerprint density at radius 1 is 1.24 bits per heavy atom. The Bertz CT molecular complexity index is 1390. The van der Waals surface area contributed by atoms with Crippen molar-refractivity contribution in [2.24, 2.45) is 0 Å². The Labute approximate surface area is 190 Å². The number of hydrogen-bond acceptors (Lipinski definition) is 4. The van der Waals surface area contributed by atoms with Gasteiger partial charge in [0.2, 0.25) is 0 Å². The first-order valence-corrected chi connectivity index (χ1v) is 10.8. The van der Waals surface area contributed by atoms with Gasteiger partial charge in [0, 0.05) is 25.0 Å². The minimum atomic E-state index is -0.591. The molecule has 166 valence electrons. The first-order valence-electron chi connectivity index (χ1n) is 10.8. The number of benzene rings is 1. The maximum atomic E-state index is 14.6. The summed E-state index contributed by atoms with van der Waals surface area (Å²) in [6, 6.07) is 7.10.